The predicted molar refractivity (Wildman–Crippen MR) is 286 cm³/mol. The van der Waals surface area contributed by atoms with E-state index in [4.69, 9.17) is 0 Å². The number of rotatable bonds is 3. The molecule has 0 fully saturated rings. The van der Waals surface area contributed by atoms with Crippen molar-refractivity contribution in [2.24, 2.45) is 11.8 Å². The summed E-state index contributed by atoms with van der Waals surface area (Å²) in [7, 11) is -2.12. The lowest BCUT2D eigenvalue weighted by Crippen LogP contribution is -2.49. The normalized spacial score (nSPS) is 22.5. The van der Waals surface area contributed by atoms with Gasteiger partial charge in [0.15, 0.2) is 0 Å². The maximum absolute atomic E-state index is 2.74. The molecule has 8 aromatic rings. The van der Waals surface area contributed by atoms with Crippen LogP contribution in [-0.4, -0.2) is 8.07 Å². The second-order valence-electron chi connectivity index (χ2n) is 22.0. The summed E-state index contributed by atoms with van der Waals surface area (Å²) in [6.07, 6.45) is 15.3. The van der Waals surface area contributed by atoms with Gasteiger partial charge in [0.05, 0.1) is 0 Å². The summed E-state index contributed by atoms with van der Waals surface area (Å²) in [5.74, 6) is 0.973. The SMILES string of the molecule is CC1(C)c2ccccc2-c2ccc(C3c4cc5c(cc4C(C4=CC6C(C=C4)c4ccccc4C6(C)C)=C4C=CC(c6ccc7ccccc7c6)=CC43)-c3cc4ccccc4cc3[Si]5(C)C)cc21. The second kappa shape index (κ2) is 13.6. The van der Waals surface area contributed by atoms with Gasteiger partial charge in [-0.25, -0.2) is 0 Å². The van der Waals surface area contributed by atoms with Crippen LogP contribution in [0.25, 0.3) is 54.9 Å². The molecule has 5 aliphatic carbocycles. The molecule has 0 amide bonds. The third-order valence-electron chi connectivity index (χ3n) is 17.5. The Hall–Kier alpha value is -6.80. The van der Waals surface area contributed by atoms with Crippen LogP contribution in [0, 0.1) is 11.8 Å². The van der Waals surface area contributed by atoms with Gasteiger partial charge in [-0.15, -0.1) is 0 Å². The first-order valence-corrected chi connectivity index (χ1v) is 27.6. The Balaban J connectivity index is 1.04. The monoisotopic (exact) mass is 874 g/mol. The Labute approximate surface area is 396 Å². The summed E-state index contributed by atoms with van der Waals surface area (Å²) < 4.78 is 0. The quantitative estimate of drug-likeness (QED) is 0.155. The number of hydrogen-bond donors (Lipinski definition) is 0. The lowest BCUT2D eigenvalue weighted by atomic mass is 9.63. The Morgan fingerprint density at radius 3 is 1.94 bits per heavy atom. The first-order chi connectivity index (χ1) is 32.5. The molecule has 0 spiro atoms. The third kappa shape index (κ3) is 5.41. The van der Waals surface area contributed by atoms with Gasteiger partial charge in [0.25, 0.3) is 0 Å². The lowest BCUT2D eigenvalue weighted by Gasteiger charge is -2.40. The van der Waals surface area contributed by atoms with E-state index in [-0.39, 0.29) is 22.7 Å². The molecule has 0 saturated heterocycles. The Kier molecular flexibility index (Phi) is 8.02. The molecule has 1 aliphatic heterocycles. The highest BCUT2D eigenvalue weighted by Crippen LogP contribution is 2.58. The number of hydrogen-bond acceptors (Lipinski definition) is 0. The van der Waals surface area contributed by atoms with E-state index in [9.17, 15) is 0 Å². The van der Waals surface area contributed by atoms with Crippen LogP contribution < -0.4 is 10.4 Å². The predicted octanol–water partition coefficient (Wildman–Crippen LogP) is 15.5. The van der Waals surface area contributed by atoms with Gasteiger partial charge >= 0.3 is 0 Å². The van der Waals surface area contributed by atoms with Crippen molar-refractivity contribution in [3.8, 4) is 22.3 Å². The fourth-order valence-corrected chi connectivity index (χ4v) is 17.1. The molecule has 4 atom stereocenters. The maximum atomic E-state index is 2.74. The fraction of sp³-hybridized carbons (Fsp3) is 0.182. The molecule has 322 valence electrons. The van der Waals surface area contributed by atoms with E-state index in [2.05, 4.69) is 235 Å². The molecule has 0 nitrogen and oxygen atoms in total. The maximum Gasteiger partial charge on any atom is 0.113 e. The highest BCUT2D eigenvalue weighted by molar-refractivity contribution is 7.04. The van der Waals surface area contributed by atoms with E-state index < -0.39 is 8.07 Å². The standard InChI is InChI=1S/C66H54Si/c1-65(2)57-21-13-11-19-47(57)49-28-26-45(34-59(49)65)63-51-30-25-44(43-24-23-39-15-7-8-16-40(39)31-43)33-54(51)64(46-27-29-50-48-20-12-14-22-58(48)66(3,4)60(50)35-46)56-38-62-53(37-55(56)63)52-32-41-17-9-10-18-42(41)36-61(52)67(62,5)6/h7-38,49,54,59,64H,1-6H3. The van der Waals surface area contributed by atoms with E-state index in [0.29, 0.717) is 11.8 Å². The second-order valence-corrected chi connectivity index (χ2v) is 26.4. The summed E-state index contributed by atoms with van der Waals surface area (Å²) >= 11 is 0. The molecule has 1 heteroatoms. The molecule has 4 unspecified atom stereocenters. The molecule has 8 aromatic carbocycles. The van der Waals surface area contributed by atoms with Gasteiger partial charge in [-0.05, 0) is 151 Å². The minimum atomic E-state index is -2.12. The van der Waals surface area contributed by atoms with Gasteiger partial charge in [-0.3, -0.25) is 0 Å². The van der Waals surface area contributed by atoms with Crippen LogP contribution in [0.15, 0.2) is 205 Å². The van der Waals surface area contributed by atoms with E-state index in [1.165, 1.54) is 111 Å². The Morgan fingerprint density at radius 2 is 1.12 bits per heavy atom. The first-order valence-electron chi connectivity index (χ1n) is 24.6. The summed E-state index contributed by atoms with van der Waals surface area (Å²) in [6.45, 7) is 15.0. The highest BCUT2D eigenvalue weighted by atomic mass is 28.3. The Morgan fingerprint density at radius 1 is 0.448 bits per heavy atom. The summed E-state index contributed by atoms with van der Waals surface area (Å²) in [4.78, 5) is 0. The Bertz CT molecular complexity index is 3690. The van der Waals surface area contributed by atoms with Crippen molar-refractivity contribution in [3.63, 3.8) is 0 Å². The van der Waals surface area contributed by atoms with Crippen LogP contribution in [0.3, 0.4) is 0 Å². The zero-order valence-corrected chi connectivity index (χ0v) is 40.3. The van der Waals surface area contributed by atoms with E-state index in [1.54, 1.807) is 10.4 Å². The van der Waals surface area contributed by atoms with Crippen LogP contribution in [0.5, 0.6) is 0 Å². The molecule has 0 N–H and O–H groups in total. The van der Waals surface area contributed by atoms with Crippen LogP contribution in [0.2, 0.25) is 13.1 Å². The van der Waals surface area contributed by atoms with Crippen LogP contribution in [0.4, 0.5) is 0 Å². The summed E-state index contributed by atoms with van der Waals surface area (Å²) in [5, 5.41) is 8.36. The molecule has 14 rings (SSSR count). The van der Waals surface area contributed by atoms with Crippen LogP contribution >= 0.6 is 0 Å². The number of allylic oxidation sites excluding steroid dienone is 10. The molecule has 67 heavy (non-hydrogen) atoms. The van der Waals surface area contributed by atoms with Gasteiger partial charge in [-0.1, -0.05) is 217 Å². The molecule has 6 aliphatic rings. The molecular weight excluding hydrogens is 821 g/mol. The summed E-state index contributed by atoms with van der Waals surface area (Å²) in [6, 6.07) is 61.2. The van der Waals surface area contributed by atoms with Gasteiger partial charge in [-0.2, -0.15) is 0 Å². The fourth-order valence-electron chi connectivity index (χ4n) is 14.0. The van der Waals surface area contributed by atoms with Crippen molar-refractivity contribution in [1.82, 2.24) is 0 Å². The minimum Gasteiger partial charge on any atom is -0.0758 e. The molecule has 0 radical (unpaired) electrons. The smallest absolute Gasteiger partial charge is 0.0758 e. The zero-order chi connectivity index (χ0) is 45.1. The first kappa shape index (κ1) is 39.4. The number of benzene rings is 8. The van der Waals surface area contributed by atoms with Gasteiger partial charge in [0.2, 0.25) is 0 Å². The highest BCUT2D eigenvalue weighted by Gasteiger charge is 2.48. The van der Waals surface area contributed by atoms with Crippen molar-refractivity contribution in [3.05, 3.63) is 250 Å². The number of fused-ring (bicyclic) bond motifs is 13. The third-order valence-corrected chi connectivity index (χ3v) is 21.1. The van der Waals surface area contributed by atoms with Gasteiger partial charge in [0.1, 0.15) is 8.07 Å². The van der Waals surface area contributed by atoms with Crippen molar-refractivity contribution in [2.45, 2.75) is 63.5 Å². The van der Waals surface area contributed by atoms with Crippen molar-refractivity contribution in [2.75, 3.05) is 0 Å². The van der Waals surface area contributed by atoms with Gasteiger partial charge < -0.3 is 0 Å². The molecule has 0 saturated carbocycles. The van der Waals surface area contributed by atoms with E-state index in [0.717, 1.165) is 0 Å². The molecule has 0 bridgehead atoms. The van der Waals surface area contributed by atoms with E-state index in [1.807, 2.05) is 0 Å². The molecular formula is C66H54Si. The van der Waals surface area contributed by atoms with Gasteiger partial charge in [0, 0.05) is 23.2 Å². The lowest BCUT2D eigenvalue weighted by molar-refractivity contribution is 0.393. The largest absolute Gasteiger partial charge is 0.113 e. The van der Waals surface area contributed by atoms with Crippen molar-refractivity contribution >= 4 is 51.1 Å². The van der Waals surface area contributed by atoms with Crippen LogP contribution in [-0.2, 0) is 10.8 Å². The zero-order valence-electron chi connectivity index (χ0n) is 39.3. The average molecular weight is 875 g/mol. The van der Waals surface area contributed by atoms with Crippen LogP contribution in [0.1, 0.15) is 84.0 Å². The molecule has 1 heterocycles. The van der Waals surface area contributed by atoms with Crippen molar-refractivity contribution in [1.29, 1.82) is 0 Å². The van der Waals surface area contributed by atoms with E-state index >= 15 is 0 Å². The topological polar surface area (TPSA) is 0 Å². The van der Waals surface area contributed by atoms with Crippen molar-refractivity contribution < 1.29 is 0 Å². The minimum absolute atomic E-state index is 0.00976. The molecule has 0 aromatic heterocycles. The average Bonchev–Trinajstić information content (AvgIpc) is 3.82. The summed E-state index contributed by atoms with van der Waals surface area (Å²) in [5.41, 5.74) is 22.5.